The van der Waals surface area contributed by atoms with Crippen molar-refractivity contribution < 1.29 is 4.79 Å². The molecule has 0 heterocycles. The number of rotatable bonds is 0. The molecular weight excluding hydrogens is 208 g/mol. The van der Waals surface area contributed by atoms with E-state index in [4.69, 9.17) is 0 Å². The minimum atomic E-state index is 0.0156. The van der Waals surface area contributed by atoms with Crippen LogP contribution in [0.4, 0.5) is 0 Å². The van der Waals surface area contributed by atoms with Crippen molar-refractivity contribution in [2.45, 2.75) is 40.0 Å². The van der Waals surface area contributed by atoms with Crippen LogP contribution in [0.2, 0.25) is 0 Å². The molecule has 0 aromatic rings. The number of hydrogen-bond acceptors (Lipinski definition) is 1. The van der Waals surface area contributed by atoms with E-state index >= 15 is 0 Å². The lowest BCUT2D eigenvalue weighted by atomic mass is 9.67. The van der Waals surface area contributed by atoms with Crippen LogP contribution in [0.3, 0.4) is 0 Å². The van der Waals surface area contributed by atoms with E-state index in [0.717, 1.165) is 12.3 Å². The number of carbonyl (C=O) groups is 1. The van der Waals surface area contributed by atoms with Gasteiger partial charge in [-0.3, -0.25) is 4.79 Å². The van der Waals surface area contributed by atoms with Gasteiger partial charge in [-0.25, -0.2) is 0 Å². The zero-order valence-corrected chi connectivity index (χ0v) is 11.1. The predicted octanol–water partition coefficient (Wildman–Crippen LogP) is 3.45. The van der Waals surface area contributed by atoms with E-state index in [1.165, 1.54) is 12.8 Å². The molecular formula is C16H22O. The third kappa shape index (κ3) is 0.971. The van der Waals surface area contributed by atoms with E-state index in [2.05, 4.69) is 32.9 Å². The first-order valence-electron chi connectivity index (χ1n) is 7.18. The zero-order chi connectivity index (χ0) is 12.0. The molecule has 0 amide bonds. The van der Waals surface area contributed by atoms with Crippen LogP contribution in [0.5, 0.6) is 0 Å². The summed E-state index contributed by atoms with van der Waals surface area (Å²) in [7, 11) is 0. The molecule has 1 heteroatoms. The molecule has 4 aliphatic rings. The van der Waals surface area contributed by atoms with Gasteiger partial charge in [0, 0.05) is 11.3 Å². The van der Waals surface area contributed by atoms with Gasteiger partial charge in [0.2, 0.25) is 0 Å². The first kappa shape index (κ1) is 10.3. The quantitative estimate of drug-likeness (QED) is 0.582. The van der Waals surface area contributed by atoms with E-state index in [1.807, 2.05) is 0 Å². The third-order valence-electron chi connectivity index (χ3n) is 6.59. The Balaban J connectivity index is 1.86. The second-order valence-electron chi connectivity index (χ2n) is 7.80. The number of carbonyl (C=O) groups excluding carboxylic acids is 1. The Morgan fingerprint density at radius 1 is 1.12 bits per heavy atom. The van der Waals surface area contributed by atoms with Gasteiger partial charge in [0.05, 0.1) is 0 Å². The average molecular weight is 230 g/mol. The zero-order valence-electron chi connectivity index (χ0n) is 11.1. The summed E-state index contributed by atoms with van der Waals surface area (Å²) < 4.78 is 0. The Hall–Kier alpha value is -0.590. The molecule has 1 nitrogen and oxygen atoms in total. The number of hydrogen-bond donors (Lipinski definition) is 0. The topological polar surface area (TPSA) is 17.1 Å². The highest BCUT2D eigenvalue weighted by atomic mass is 16.1. The lowest BCUT2D eigenvalue weighted by Crippen LogP contribution is -2.33. The summed E-state index contributed by atoms with van der Waals surface area (Å²) in [4.78, 5) is 12.8. The molecule has 0 aliphatic heterocycles. The van der Waals surface area contributed by atoms with Gasteiger partial charge >= 0.3 is 0 Å². The summed E-state index contributed by atoms with van der Waals surface area (Å²) in [6.45, 7) is 7.06. The van der Waals surface area contributed by atoms with Gasteiger partial charge in [-0.15, -0.1) is 0 Å². The van der Waals surface area contributed by atoms with Crippen LogP contribution in [-0.4, -0.2) is 5.78 Å². The van der Waals surface area contributed by atoms with Crippen LogP contribution >= 0.6 is 0 Å². The average Bonchev–Trinajstić information content (AvgIpc) is 2.93. The lowest BCUT2D eigenvalue weighted by molar-refractivity contribution is -0.129. The highest BCUT2D eigenvalue weighted by molar-refractivity contribution is 5.91. The first-order chi connectivity index (χ1) is 7.95. The third-order valence-corrected chi connectivity index (χ3v) is 6.59. The molecule has 92 valence electrons. The Labute approximate surface area is 104 Å². The van der Waals surface area contributed by atoms with Crippen molar-refractivity contribution in [3.05, 3.63) is 12.2 Å². The smallest absolute Gasteiger partial charge is 0.143 e. The minimum Gasteiger partial charge on any atom is -0.299 e. The van der Waals surface area contributed by atoms with Gasteiger partial charge in [0.15, 0.2) is 0 Å². The van der Waals surface area contributed by atoms with Gasteiger partial charge in [0.1, 0.15) is 5.78 Å². The maximum absolute atomic E-state index is 12.8. The largest absolute Gasteiger partial charge is 0.299 e. The molecule has 3 fully saturated rings. The van der Waals surface area contributed by atoms with Crippen molar-refractivity contribution >= 4 is 5.78 Å². The molecule has 3 saturated carbocycles. The SMILES string of the molecule is CC1(C)CC[C@@]2(C)C(=O)[C@H]3[C@H]([C@H]4C=C[C@@H]3C4)[C@@H]12. The fourth-order valence-electron chi connectivity index (χ4n) is 6.04. The molecule has 0 N–H and O–H groups in total. The number of Topliss-reactive ketones (excluding diaryl/α,β-unsaturated/α-hetero) is 1. The molecule has 4 aliphatic carbocycles. The van der Waals surface area contributed by atoms with Crippen LogP contribution in [0.15, 0.2) is 12.2 Å². The molecule has 0 radical (unpaired) electrons. The van der Waals surface area contributed by atoms with E-state index < -0.39 is 0 Å². The lowest BCUT2D eigenvalue weighted by Gasteiger charge is -2.36. The highest BCUT2D eigenvalue weighted by Gasteiger charge is 2.69. The van der Waals surface area contributed by atoms with Gasteiger partial charge in [0.25, 0.3) is 0 Å². The Morgan fingerprint density at radius 2 is 1.82 bits per heavy atom. The van der Waals surface area contributed by atoms with Crippen molar-refractivity contribution in [1.29, 1.82) is 0 Å². The monoisotopic (exact) mass is 230 g/mol. The second kappa shape index (κ2) is 2.70. The predicted molar refractivity (Wildman–Crippen MR) is 67.3 cm³/mol. The molecule has 0 unspecified atom stereocenters. The fraction of sp³-hybridized carbons (Fsp3) is 0.812. The van der Waals surface area contributed by atoms with Crippen molar-refractivity contribution in [2.24, 2.45) is 40.4 Å². The summed E-state index contributed by atoms with van der Waals surface area (Å²) in [5, 5.41) is 0. The van der Waals surface area contributed by atoms with Gasteiger partial charge in [-0.2, -0.15) is 0 Å². The van der Waals surface area contributed by atoms with Gasteiger partial charge in [-0.1, -0.05) is 32.9 Å². The highest BCUT2D eigenvalue weighted by Crippen LogP contribution is 2.70. The van der Waals surface area contributed by atoms with Crippen molar-refractivity contribution in [3.8, 4) is 0 Å². The Morgan fingerprint density at radius 3 is 2.59 bits per heavy atom. The van der Waals surface area contributed by atoms with E-state index in [9.17, 15) is 4.79 Å². The molecule has 0 spiro atoms. The maximum atomic E-state index is 12.8. The fourth-order valence-corrected chi connectivity index (χ4v) is 6.04. The summed E-state index contributed by atoms with van der Waals surface area (Å²) in [6.07, 6.45) is 8.39. The van der Waals surface area contributed by atoms with Crippen molar-refractivity contribution in [2.75, 3.05) is 0 Å². The molecule has 0 aromatic heterocycles. The number of fused-ring (bicyclic) bond motifs is 7. The normalized spacial score (nSPS) is 57.6. The molecule has 0 aromatic carbocycles. The van der Waals surface area contributed by atoms with E-state index in [0.29, 0.717) is 34.9 Å². The summed E-state index contributed by atoms with van der Waals surface area (Å²) >= 11 is 0. The maximum Gasteiger partial charge on any atom is 0.143 e. The summed E-state index contributed by atoms with van der Waals surface area (Å²) in [6, 6.07) is 0. The minimum absolute atomic E-state index is 0.0156. The van der Waals surface area contributed by atoms with Crippen LogP contribution in [-0.2, 0) is 4.79 Å². The molecule has 6 atom stereocenters. The second-order valence-corrected chi connectivity index (χ2v) is 7.80. The summed E-state index contributed by atoms with van der Waals surface area (Å²) in [5.41, 5.74) is 0.393. The van der Waals surface area contributed by atoms with Crippen LogP contribution < -0.4 is 0 Å². The summed E-state index contributed by atoms with van der Waals surface area (Å²) in [5.74, 6) is 3.65. The Bertz CT molecular complexity index is 433. The first-order valence-corrected chi connectivity index (χ1v) is 7.18. The molecule has 2 bridgehead atoms. The van der Waals surface area contributed by atoms with E-state index in [-0.39, 0.29) is 5.41 Å². The van der Waals surface area contributed by atoms with Crippen LogP contribution in [0.1, 0.15) is 40.0 Å². The van der Waals surface area contributed by atoms with Crippen LogP contribution in [0, 0.1) is 40.4 Å². The van der Waals surface area contributed by atoms with Crippen molar-refractivity contribution in [3.63, 3.8) is 0 Å². The standard InChI is InChI=1S/C16H22O/c1-15(2)6-7-16(3)13(15)11-9-4-5-10(8-9)12(11)14(16)17/h4-5,9-13H,6-8H2,1-3H3/t9-,10+,11-,12+,13-,16+/m0/s1. The Kier molecular flexibility index (Phi) is 1.64. The number of allylic oxidation sites excluding steroid dienone is 2. The van der Waals surface area contributed by atoms with E-state index in [1.54, 1.807) is 0 Å². The number of ketones is 1. The van der Waals surface area contributed by atoms with Gasteiger partial charge < -0.3 is 0 Å². The van der Waals surface area contributed by atoms with Crippen LogP contribution in [0.25, 0.3) is 0 Å². The molecule has 4 rings (SSSR count). The molecule has 17 heavy (non-hydrogen) atoms. The van der Waals surface area contributed by atoms with Gasteiger partial charge in [-0.05, 0) is 48.3 Å². The molecule has 0 saturated heterocycles. The van der Waals surface area contributed by atoms with Crippen molar-refractivity contribution in [1.82, 2.24) is 0 Å².